The highest BCUT2D eigenvalue weighted by atomic mass is 16.5. The molecular weight excluding hydrogens is 440 g/mol. The number of carbonyl (C=O) groups excluding carboxylic acids is 2. The van der Waals surface area contributed by atoms with Crippen LogP contribution in [0.1, 0.15) is 46.9 Å². The van der Waals surface area contributed by atoms with Gasteiger partial charge in [-0.05, 0) is 47.9 Å². The number of aromatic nitrogens is 1. The zero-order valence-corrected chi connectivity index (χ0v) is 20.4. The molecule has 7 heteroatoms. The summed E-state index contributed by atoms with van der Waals surface area (Å²) in [7, 11) is 0. The van der Waals surface area contributed by atoms with Crippen molar-refractivity contribution in [2.45, 2.75) is 26.2 Å². The van der Waals surface area contributed by atoms with Crippen LogP contribution in [0.25, 0.3) is 10.8 Å². The number of piperazine rings is 1. The Hall–Kier alpha value is -3.45. The van der Waals surface area contributed by atoms with Gasteiger partial charge in [0, 0.05) is 57.7 Å². The van der Waals surface area contributed by atoms with Crippen molar-refractivity contribution >= 4 is 28.4 Å². The van der Waals surface area contributed by atoms with Crippen LogP contribution in [-0.2, 0) is 4.74 Å². The molecule has 0 saturated carbocycles. The number of anilines is 1. The van der Waals surface area contributed by atoms with E-state index in [1.807, 2.05) is 53.4 Å². The average Bonchev–Trinajstić information content (AvgIpc) is 2.92. The van der Waals surface area contributed by atoms with E-state index < -0.39 is 0 Å². The maximum Gasteiger partial charge on any atom is 0.253 e. The topological polar surface area (TPSA) is 74.8 Å². The van der Waals surface area contributed by atoms with Gasteiger partial charge in [-0.1, -0.05) is 43.7 Å². The van der Waals surface area contributed by atoms with Crippen molar-refractivity contribution in [3.8, 4) is 0 Å². The summed E-state index contributed by atoms with van der Waals surface area (Å²) < 4.78 is 5.52. The summed E-state index contributed by atoms with van der Waals surface area (Å²) in [4.78, 5) is 33.9. The van der Waals surface area contributed by atoms with E-state index in [2.05, 4.69) is 28.2 Å². The minimum Gasteiger partial charge on any atom is -0.381 e. The lowest BCUT2D eigenvalue weighted by molar-refractivity contribution is 0.0746. The van der Waals surface area contributed by atoms with E-state index in [0.29, 0.717) is 44.9 Å². The molecule has 184 valence electrons. The molecular formula is C28H34N4O3. The molecule has 1 aliphatic heterocycles. The summed E-state index contributed by atoms with van der Waals surface area (Å²) in [5.74, 6) is 0.762. The van der Waals surface area contributed by atoms with Gasteiger partial charge >= 0.3 is 0 Å². The van der Waals surface area contributed by atoms with Gasteiger partial charge < -0.3 is 19.9 Å². The monoisotopic (exact) mass is 474 g/mol. The molecule has 1 N–H and O–H groups in total. The van der Waals surface area contributed by atoms with Gasteiger partial charge in [0.15, 0.2) is 0 Å². The Morgan fingerprint density at radius 1 is 0.914 bits per heavy atom. The van der Waals surface area contributed by atoms with Crippen LogP contribution in [0.5, 0.6) is 0 Å². The number of hydrogen-bond donors (Lipinski definition) is 1. The molecule has 35 heavy (non-hydrogen) atoms. The fourth-order valence-corrected chi connectivity index (χ4v) is 4.18. The van der Waals surface area contributed by atoms with E-state index in [4.69, 9.17) is 4.74 Å². The first-order valence-corrected chi connectivity index (χ1v) is 12.5. The number of carbonyl (C=O) groups is 2. The third-order valence-corrected chi connectivity index (χ3v) is 6.29. The van der Waals surface area contributed by atoms with Crippen LogP contribution in [0.15, 0.2) is 60.8 Å². The Balaban J connectivity index is 1.23. The molecule has 0 bridgehead atoms. The highest BCUT2D eigenvalue weighted by Crippen LogP contribution is 2.19. The van der Waals surface area contributed by atoms with Crippen LogP contribution in [-0.4, -0.2) is 67.6 Å². The molecule has 4 rings (SSSR count). The summed E-state index contributed by atoms with van der Waals surface area (Å²) in [5.41, 5.74) is 1.27. The molecule has 1 saturated heterocycles. The van der Waals surface area contributed by atoms with Crippen molar-refractivity contribution in [2.24, 2.45) is 0 Å². The van der Waals surface area contributed by atoms with Crippen LogP contribution in [0.4, 0.5) is 5.82 Å². The van der Waals surface area contributed by atoms with Gasteiger partial charge in [-0.2, -0.15) is 0 Å². The van der Waals surface area contributed by atoms with Crippen molar-refractivity contribution in [3.63, 3.8) is 0 Å². The van der Waals surface area contributed by atoms with Crippen LogP contribution < -0.4 is 10.2 Å². The van der Waals surface area contributed by atoms with E-state index in [9.17, 15) is 9.59 Å². The fraction of sp³-hybridized carbons (Fsp3) is 0.393. The lowest BCUT2D eigenvalue weighted by Gasteiger charge is -2.35. The van der Waals surface area contributed by atoms with Crippen molar-refractivity contribution in [1.82, 2.24) is 15.2 Å². The van der Waals surface area contributed by atoms with Crippen LogP contribution in [0, 0.1) is 0 Å². The van der Waals surface area contributed by atoms with Gasteiger partial charge in [0.1, 0.15) is 5.82 Å². The molecule has 0 unspecified atom stereocenters. The number of nitrogens with one attached hydrogen (secondary N) is 1. The molecule has 1 aliphatic rings. The highest BCUT2D eigenvalue weighted by Gasteiger charge is 2.23. The largest absolute Gasteiger partial charge is 0.381 e. The number of unbranched alkanes of at least 4 members (excludes halogenated alkanes) is 1. The summed E-state index contributed by atoms with van der Waals surface area (Å²) in [6, 6.07) is 17.6. The number of hydrogen-bond acceptors (Lipinski definition) is 5. The van der Waals surface area contributed by atoms with E-state index in [-0.39, 0.29) is 11.8 Å². The number of fused-ring (bicyclic) bond motifs is 1. The lowest BCUT2D eigenvalue weighted by atomic mass is 10.1. The fourth-order valence-electron chi connectivity index (χ4n) is 4.18. The third kappa shape index (κ3) is 6.57. The SMILES string of the molecule is CCCCOCCCNC(=O)c1ccc(N2CCN(C(=O)c3ccc4ccccc4c3)CC2)nc1. The normalized spacial score (nSPS) is 13.7. The number of rotatable bonds is 10. The molecule has 0 spiro atoms. The van der Waals surface area contributed by atoms with Gasteiger partial charge in [0.2, 0.25) is 0 Å². The molecule has 1 aromatic heterocycles. The second kappa shape index (κ2) is 12.3. The number of benzene rings is 2. The van der Waals surface area contributed by atoms with Crippen molar-refractivity contribution in [2.75, 3.05) is 50.8 Å². The van der Waals surface area contributed by atoms with E-state index in [1.165, 1.54) is 0 Å². The number of nitrogens with zero attached hydrogens (tertiary/aromatic N) is 3. The first-order chi connectivity index (χ1) is 17.2. The predicted octanol–water partition coefficient (Wildman–Crippen LogP) is 4.13. The smallest absolute Gasteiger partial charge is 0.253 e. The number of amides is 2. The quantitative estimate of drug-likeness (QED) is 0.447. The highest BCUT2D eigenvalue weighted by molar-refractivity contribution is 5.98. The standard InChI is InChI=1S/C28H34N4O3/c1-2-3-18-35-19-6-13-29-27(33)25-11-12-26(30-21-25)31-14-16-32(17-15-31)28(34)24-10-9-22-7-4-5-8-23(22)20-24/h4-5,7-12,20-21H,2-3,6,13-19H2,1H3,(H,29,33). The minimum atomic E-state index is -0.122. The third-order valence-electron chi connectivity index (χ3n) is 6.29. The second-order valence-electron chi connectivity index (χ2n) is 8.82. The van der Waals surface area contributed by atoms with Gasteiger partial charge in [0.05, 0.1) is 5.56 Å². The van der Waals surface area contributed by atoms with E-state index in [1.54, 1.807) is 6.20 Å². The Kier molecular flexibility index (Phi) is 8.68. The Morgan fingerprint density at radius 2 is 1.66 bits per heavy atom. The maximum absolute atomic E-state index is 13.0. The molecule has 2 heterocycles. The molecule has 7 nitrogen and oxygen atoms in total. The molecule has 1 fully saturated rings. The molecule has 3 aromatic rings. The van der Waals surface area contributed by atoms with Crippen molar-refractivity contribution in [3.05, 3.63) is 71.9 Å². The maximum atomic E-state index is 13.0. The first kappa shape index (κ1) is 24.7. The molecule has 0 atom stereocenters. The van der Waals surface area contributed by atoms with Gasteiger partial charge in [-0.3, -0.25) is 9.59 Å². The van der Waals surface area contributed by atoms with E-state index >= 15 is 0 Å². The van der Waals surface area contributed by atoms with Gasteiger partial charge in [-0.25, -0.2) is 4.98 Å². The van der Waals surface area contributed by atoms with Crippen LogP contribution >= 0.6 is 0 Å². The Morgan fingerprint density at radius 3 is 2.40 bits per heavy atom. The molecule has 0 radical (unpaired) electrons. The summed E-state index contributed by atoms with van der Waals surface area (Å²) in [6.45, 7) is 6.84. The minimum absolute atomic E-state index is 0.0612. The number of ether oxygens (including phenoxy) is 1. The molecule has 2 amide bonds. The summed E-state index contributed by atoms with van der Waals surface area (Å²) >= 11 is 0. The molecule has 2 aromatic carbocycles. The summed E-state index contributed by atoms with van der Waals surface area (Å²) in [6.07, 6.45) is 4.61. The predicted molar refractivity (Wildman–Crippen MR) is 139 cm³/mol. The Bertz CT molecular complexity index is 1120. The van der Waals surface area contributed by atoms with Gasteiger partial charge in [0.25, 0.3) is 11.8 Å². The zero-order chi connectivity index (χ0) is 24.5. The Labute approximate surface area is 207 Å². The molecule has 0 aliphatic carbocycles. The lowest BCUT2D eigenvalue weighted by Crippen LogP contribution is -2.49. The second-order valence-corrected chi connectivity index (χ2v) is 8.82. The van der Waals surface area contributed by atoms with Crippen molar-refractivity contribution < 1.29 is 14.3 Å². The first-order valence-electron chi connectivity index (χ1n) is 12.5. The van der Waals surface area contributed by atoms with Gasteiger partial charge in [-0.15, -0.1) is 0 Å². The number of pyridine rings is 1. The van der Waals surface area contributed by atoms with Crippen molar-refractivity contribution in [1.29, 1.82) is 0 Å². The van der Waals surface area contributed by atoms with E-state index in [0.717, 1.165) is 48.0 Å². The summed E-state index contributed by atoms with van der Waals surface area (Å²) in [5, 5.41) is 5.12. The zero-order valence-electron chi connectivity index (χ0n) is 20.4. The van der Waals surface area contributed by atoms with Crippen LogP contribution in [0.3, 0.4) is 0 Å². The van der Waals surface area contributed by atoms with Crippen LogP contribution in [0.2, 0.25) is 0 Å². The average molecular weight is 475 g/mol.